The zero-order chi connectivity index (χ0) is 10.9. The molecule has 0 spiro atoms. The molecule has 0 amide bonds. The van der Waals surface area contributed by atoms with E-state index in [1.165, 1.54) is 32.1 Å². The maximum absolute atomic E-state index is 13.0. The molecular weight excluding hydrogens is 191 g/mol. The van der Waals surface area contributed by atoms with Crippen LogP contribution in [0, 0.1) is 11.3 Å². The first-order valence-electron chi connectivity index (χ1n) is 5.86. The maximum Gasteiger partial charge on any atom is 0.274 e. The van der Waals surface area contributed by atoms with E-state index < -0.39 is 6.01 Å². The predicted octanol–water partition coefficient (Wildman–Crippen LogP) is 4.32. The molecule has 0 N–H and O–H groups in total. The standard InChI is InChI=1S/C13H19FO/c1-13(2)9-12(14)15-11(13)8-10-6-4-3-5-7-10/h8-10H,3-7H2,1-2H3/b11-8-. The van der Waals surface area contributed by atoms with Crippen LogP contribution < -0.4 is 0 Å². The van der Waals surface area contributed by atoms with Crippen LogP contribution in [0.15, 0.2) is 23.9 Å². The van der Waals surface area contributed by atoms with Gasteiger partial charge in [0.15, 0.2) is 0 Å². The number of halogens is 1. The van der Waals surface area contributed by atoms with Gasteiger partial charge in [0.05, 0.1) is 0 Å². The smallest absolute Gasteiger partial charge is 0.274 e. The summed E-state index contributed by atoms with van der Waals surface area (Å²) >= 11 is 0. The van der Waals surface area contributed by atoms with E-state index in [2.05, 4.69) is 6.08 Å². The highest BCUT2D eigenvalue weighted by Crippen LogP contribution is 2.40. The Labute approximate surface area is 91.0 Å². The topological polar surface area (TPSA) is 9.23 Å². The van der Waals surface area contributed by atoms with Crippen LogP contribution in [0.25, 0.3) is 0 Å². The molecule has 1 nitrogen and oxygen atoms in total. The van der Waals surface area contributed by atoms with Gasteiger partial charge in [0.2, 0.25) is 0 Å². The first kappa shape index (κ1) is 10.7. The van der Waals surface area contributed by atoms with E-state index in [0.29, 0.717) is 5.92 Å². The Hall–Kier alpha value is -0.790. The van der Waals surface area contributed by atoms with Gasteiger partial charge < -0.3 is 4.74 Å². The summed E-state index contributed by atoms with van der Waals surface area (Å²) in [5.41, 5.74) is -0.262. The minimum atomic E-state index is -0.443. The summed E-state index contributed by atoms with van der Waals surface area (Å²) in [4.78, 5) is 0. The molecule has 0 bridgehead atoms. The first-order chi connectivity index (χ1) is 7.08. The van der Waals surface area contributed by atoms with Crippen LogP contribution in [0.2, 0.25) is 0 Å². The van der Waals surface area contributed by atoms with Gasteiger partial charge in [0.25, 0.3) is 6.01 Å². The molecule has 1 heterocycles. The lowest BCUT2D eigenvalue weighted by Crippen LogP contribution is -2.11. The van der Waals surface area contributed by atoms with Gasteiger partial charge in [-0.1, -0.05) is 19.3 Å². The van der Waals surface area contributed by atoms with E-state index in [1.807, 2.05) is 13.8 Å². The molecule has 1 aliphatic carbocycles. The zero-order valence-electron chi connectivity index (χ0n) is 9.55. The van der Waals surface area contributed by atoms with Crippen LogP contribution in [-0.2, 0) is 4.74 Å². The second-order valence-corrected chi connectivity index (χ2v) is 5.20. The van der Waals surface area contributed by atoms with Crippen LogP contribution in [0.4, 0.5) is 4.39 Å². The Bertz CT molecular complexity index is 296. The van der Waals surface area contributed by atoms with E-state index in [9.17, 15) is 4.39 Å². The van der Waals surface area contributed by atoms with Crippen molar-refractivity contribution >= 4 is 0 Å². The quantitative estimate of drug-likeness (QED) is 0.626. The lowest BCUT2D eigenvalue weighted by atomic mass is 9.85. The minimum Gasteiger partial charge on any atom is -0.436 e. The summed E-state index contributed by atoms with van der Waals surface area (Å²) in [5.74, 6) is 1.39. The largest absolute Gasteiger partial charge is 0.436 e. The first-order valence-corrected chi connectivity index (χ1v) is 5.86. The van der Waals surface area contributed by atoms with Gasteiger partial charge in [-0.15, -0.1) is 0 Å². The van der Waals surface area contributed by atoms with Crippen molar-refractivity contribution in [2.24, 2.45) is 11.3 Å². The maximum atomic E-state index is 13.0. The fraction of sp³-hybridized carbons (Fsp3) is 0.692. The Balaban J connectivity index is 2.07. The zero-order valence-corrected chi connectivity index (χ0v) is 9.55. The van der Waals surface area contributed by atoms with Gasteiger partial charge in [0.1, 0.15) is 5.76 Å². The van der Waals surface area contributed by atoms with E-state index in [4.69, 9.17) is 4.74 Å². The van der Waals surface area contributed by atoms with Crippen LogP contribution in [0.1, 0.15) is 46.0 Å². The van der Waals surface area contributed by atoms with Crippen LogP contribution in [0.5, 0.6) is 0 Å². The third-order valence-corrected chi connectivity index (χ3v) is 3.35. The van der Waals surface area contributed by atoms with Crippen molar-refractivity contribution in [1.82, 2.24) is 0 Å². The lowest BCUT2D eigenvalue weighted by molar-refractivity contribution is 0.206. The normalized spacial score (nSPS) is 29.0. The molecule has 1 fully saturated rings. The molecule has 2 rings (SSSR count). The van der Waals surface area contributed by atoms with Gasteiger partial charge in [-0.25, -0.2) is 0 Å². The van der Waals surface area contributed by atoms with Crippen LogP contribution >= 0.6 is 0 Å². The summed E-state index contributed by atoms with van der Waals surface area (Å²) in [7, 11) is 0. The molecule has 1 saturated carbocycles. The van der Waals surface area contributed by atoms with Crippen molar-refractivity contribution in [3.63, 3.8) is 0 Å². The molecule has 0 saturated heterocycles. The van der Waals surface area contributed by atoms with E-state index in [0.717, 1.165) is 5.76 Å². The van der Waals surface area contributed by atoms with Crippen molar-refractivity contribution in [1.29, 1.82) is 0 Å². The fourth-order valence-electron chi connectivity index (χ4n) is 2.38. The van der Waals surface area contributed by atoms with Crippen molar-refractivity contribution < 1.29 is 9.13 Å². The highest BCUT2D eigenvalue weighted by atomic mass is 19.1. The number of ether oxygens (including phenoxy) is 1. The van der Waals surface area contributed by atoms with E-state index >= 15 is 0 Å². The number of allylic oxidation sites excluding steroid dienone is 2. The number of hydrogen-bond acceptors (Lipinski definition) is 1. The Kier molecular flexibility index (Phi) is 2.85. The third kappa shape index (κ3) is 2.42. The SMILES string of the molecule is CC1(C)C=C(F)O/C1=C\C1CCCCC1. The summed E-state index contributed by atoms with van der Waals surface area (Å²) in [5, 5.41) is 0. The summed E-state index contributed by atoms with van der Waals surface area (Å²) < 4.78 is 18.2. The monoisotopic (exact) mass is 210 g/mol. The average Bonchev–Trinajstić information content (AvgIpc) is 2.41. The van der Waals surface area contributed by atoms with E-state index in [1.54, 1.807) is 6.08 Å². The number of hydrogen-bond donors (Lipinski definition) is 0. The van der Waals surface area contributed by atoms with Gasteiger partial charge in [-0.3, -0.25) is 0 Å². The Morgan fingerprint density at radius 2 is 2.00 bits per heavy atom. The molecule has 0 aromatic rings. The molecular formula is C13H19FO. The van der Waals surface area contributed by atoms with Gasteiger partial charge in [0, 0.05) is 11.5 Å². The molecule has 1 aliphatic heterocycles. The molecule has 0 atom stereocenters. The summed E-state index contributed by atoms with van der Waals surface area (Å²) in [6, 6.07) is -0.443. The Morgan fingerprint density at radius 1 is 1.33 bits per heavy atom. The molecule has 0 aromatic heterocycles. The van der Waals surface area contributed by atoms with Gasteiger partial charge in [-0.2, -0.15) is 4.39 Å². The number of rotatable bonds is 1. The molecule has 2 aliphatic rings. The van der Waals surface area contributed by atoms with E-state index in [-0.39, 0.29) is 5.41 Å². The second kappa shape index (κ2) is 3.99. The van der Waals surface area contributed by atoms with Crippen molar-refractivity contribution in [3.05, 3.63) is 23.9 Å². The van der Waals surface area contributed by atoms with Crippen molar-refractivity contribution in [3.8, 4) is 0 Å². The van der Waals surface area contributed by atoms with Crippen LogP contribution in [0.3, 0.4) is 0 Å². The molecule has 0 radical (unpaired) electrons. The molecule has 0 unspecified atom stereocenters. The van der Waals surface area contributed by atoms with Gasteiger partial charge in [-0.05, 0) is 38.7 Å². The molecule has 15 heavy (non-hydrogen) atoms. The van der Waals surface area contributed by atoms with Crippen LogP contribution in [-0.4, -0.2) is 0 Å². The molecule has 2 heteroatoms. The third-order valence-electron chi connectivity index (χ3n) is 3.35. The second-order valence-electron chi connectivity index (χ2n) is 5.20. The minimum absolute atomic E-state index is 0.262. The Morgan fingerprint density at radius 3 is 2.53 bits per heavy atom. The summed E-state index contributed by atoms with van der Waals surface area (Å²) in [6.07, 6.45) is 10.1. The lowest BCUT2D eigenvalue weighted by Gasteiger charge is -2.22. The highest BCUT2D eigenvalue weighted by molar-refractivity contribution is 5.22. The molecule has 0 aromatic carbocycles. The summed E-state index contributed by atoms with van der Waals surface area (Å²) in [6.45, 7) is 3.99. The van der Waals surface area contributed by atoms with Crippen molar-refractivity contribution in [2.75, 3.05) is 0 Å². The predicted molar refractivity (Wildman–Crippen MR) is 58.7 cm³/mol. The highest BCUT2D eigenvalue weighted by Gasteiger charge is 2.32. The van der Waals surface area contributed by atoms with Gasteiger partial charge >= 0.3 is 0 Å². The fourth-order valence-corrected chi connectivity index (χ4v) is 2.38. The average molecular weight is 210 g/mol. The van der Waals surface area contributed by atoms with Crippen molar-refractivity contribution in [2.45, 2.75) is 46.0 Å². The molecule has 84 valence electrons.